The first-order valence-electron chi connectivity index (χ1n) is 10.2. The molecule has 2 amide bonds. The van der Waals surface area contributed by atoms with E-state index in [1.165, 1.54) is 6.21 Å². The Morgan fingerprint density at radius 2 is 1.67 bits per heavy atom. The standard InChI is InChI=1S/C25H25N3O5/c1-31-21-7-5-6-19(14-21)15-24(29)28-26-16-18-10-12-20(13-11-18)33-17-25(30)27-22-8-3-4-9-23(22)32-2/h3-14,16H,15,17H2,1-2H3,(H,27,30)(H,28,29)/b26-16+. The normalized spacial score (nSPS) is 10.5. The Bertz CT molecular complexity index is 1110. The molecule has 170 valence electrons. The summed E-state index contributed by atoms with van der Waals surface area (Å²) in [5.41, 5.74) is 4.67. The fourth-order valence-corrected chi connectivity index (χ4v) is 2.92. The second-order valence-corrected chi connectivity index (χ2v) is 6.93. The zero-order valence-electron chi connectivity index (χ0n) is 18.4. The molecule has 0 aliphatic rings. The number of nitrogens with zero attached hydrogens (tertiary/aromatic N) is 1. The first kappa shape index (κ1) is 23.3. The molecule has 0 aromatic heterocycles. The van der Waals surface area contributed by atoms with Crippen molar-refractivity contribution in [3.05, 3.63) is 83.9 Å². The highest BCUT2D eigenvalue weighted by Crippen LogP contribution is 2.23. The minimum Gasteiger partial charge on any atom is -0.497 e. The van der Waals surface area contributed by atoms with Gasteiger partial charge in [-0.05, 0) is 59.7 Å². The largest absolute Gasteiger partial charge is 0.497 e. The summed E-state index contributed by atoms with van der Waals surface area (Å²) in [7, 11) is 3.12. The number of para-hydroxylation sites is 2. The number of hydrogen-bond acceptors (Lipinski definition) is 6. The van der Waals surface area contributed by atoms with Gasteiger partial charge in [0.15, 0.2) is 6.61 Å². The molecule has 3 aromatic carbocycles. The maximum absolute atomic E-state index is 12.1. The van der Waals surface area contributed by atoms with Crippen molar-refractivity contribution in [2.24, 2.45) is 5.10 Å². The zero-order chi connectivity index (χ0) is 23.5. The highest BCUT2D eigenvalue weighted by molar-refractivity contribution is 5.93. The van der Waals surface area contributed by atoms with Crippen LogP contribution >= 0.6 is 0 Å². The quantitative estimate of drug-likeness (QED) is 0.367. The van der Waals surface area contributed by atoms with Crippen LogP contribution in [-0.2, 0) is 16.0 Å². The fraction of sp³-hybridized carbons (Fsp3) is 0.160. The van der Waals surface area contributed by atoms with Gasteiger partial charge in [0.25, 0.3) is 5.91 Å². The summed E-state index contributed by atoms with van der Waals surface area (Å²) < 4.78 is 15.9. The van der Waals surface area contributed by atoms with Crippen LogP contribution in [0.15, 0.2) is 77.9 Å². The van der Waals surface area contributed by atoms with E-state index >= 15 is 0 Å². The lowest BCUT2D eigenvalue weighted by molar-refractivity contribution is -0.120. The van der Waals surface area contributed by atoms with Crippen molar-refractivity contribution < 1.29 is 23.8 Å². The van der Waals surface area contributed by atoms with Gasteiger partial charge in [0, 0.05) is 0 Å². The topological polar surface area (TPSA) is 98.3 Å². The Hall–Kier alpha value is -4.33. The third-order valence-corrected chi connectivity index (χ3v) is 4.53. The fourth-order valence-electron chi connectivity index (χ4n) is 2.92. The van der Waals surface area contributed by atoms with E-state index in [0.29, 0.717) is 22.9 Å². The Morgan fingerprint density at radius 1 is 0.879 bits per heavy atom. The van der Waals surface area contributed by atoms with Gasteiger partial charge in [-0.3, -0.25) is 9.59 Å². The number of amides is 2. The average Bonchev–Trinajstić information content (AvgIpc) is 2.84. The van der Waals surface area contributed by atoms with E-state index in [0.717, 1.165) is 11.1 Å². The van der Waals surface area contributed by atoms with Crippen molar-refractivity contribution in [1.82, 2.24) is 5.43 Å². The molecule has 3 aromatic rings. The molecule has 0 unspecified atom stereocenters. The van der Waals surface area contributed by atoms with Gasteiger partial charge in [-0.2, -0.15) is 5.10 Å². The van der Waals surface area contributed by atoms with Crippen LogP contribution in [-0.4, -0.2) is 38.9 Å². The lowest BCUT2D eigenvalue weighted by atomic mass is 10.1. The average molecular weight is 447 g/mol. The summed E-state index contributed by atoms with van der Waals surface area (Å²) in [6.45, 7) is -0.147. The molecular formula is C25H25N3O5. The molecule has 3 rings (SSSR count). The predicted octanol–water partition coefficient (Wildman–Crippen LogP) is 3.41. The monoisotopic (exact) mass is 447 g/mol. The highest BCUT2D eigenvalue weighted by Gasteiger charge is 2.08. The van der Waals surface area contributed by atoms with Gasteiger partial charge in [0.1, 0.15) is 17.2 Å². The van der Waals surface area contributed by atoms with Crippen LogP contribution in [0.5, 0.6) is 17.2 Å². The Kier molecular flexibility index (Phi) is 8.41. The van der Waals surface area contributed by atoms with Crippen molar-refractivity contribution in [2.45, 2.75) is 6.42 Å². The maximum atomic E-state index is 12.1. The van der Waals surface area contributed by atoms with Crippen LogP contribution in [0.1, 0.15) is 11.1 Å². The third kappa shape index (κ3) is 7.39. The molecule has 8 nitrogen and oxygen atoms in total. The lowest BCUT2D eigenvalue weighted by Gasteiger charge is -2.10. The van der Waals surface area contributed by atoms with Gasteiger partial charge in [0.2, 0.25) is 5.91 Å². The minimum atomic E-state index is -0.302. The lowest BCUT2D eigenvalue weighted by Crippen LogP contribution is -2.20. The molecule has 0 fully saturated rings. The first-order chi connectivity index (χ1) is 16.1. The molecule has 33 heavy (non-hydrogen) atoms. The summed E-state index contributed by atoms with van der Waals surface area (Å²) in [5, 5.41) is 6.72. The molecule has 0 spiro atoms. The van der Waals surface area contributed by atoms with Crippen LogP contribution in [0.25, 0.3) is 0 Å². The van der Waals surface area contributed by atoms with Crippen molar-refractivity contribution in [1.29, 1.82) is 0 Å². The number of methoxy groups -OCH3 is 2. The Balaban J connectivity index is 1.44. The zero-order valence-corrected chi connectivity index (χ0v) is 18.4. The third-order valence-electron chi connectivity index (χ3n) is 4.53. The van der Waals surface area contributed by atoms with Crippen molar-refractivity contribution in [3.63, 3.8) is 0 Å². The van der Waals surface area contributed by atoms with Crippen LogP contribution in [0.4, 0.5) is 5.69 Å². The van der Waals surface area contributed by atoms with E-state index in [4.69, 9.17) is 14.2 Å². The molecule has 0 aliphatic carbocycles. The molecule has 8 heteroatoms. The van der Waals surface area contributed by atoms with Crippen molar-refractivity contribution >= 4 is 23.7 Å². The van der Waals surface area contributed by atoms with Crippen LogP contribution < -0.4 is 25.0 Å². The second kappa shape index (κ2) is 11.9. The summed E-state index contributed by atoms with van der Waals surface area (Å²) in [4.78, 5) is 24.2. The number of hydrazone groups is 1. The van der Waals surface area contributed by atoms with E-state index < -0.39 is 0 Å². The van der Waals surface area contributed by atoms with E-state index in [-0.39, 0.29) is 24.8 Å². The van der Waals surface area contributed by atoms with Gasteiger partial charge < -0.3 is 19.5 Å². The molecule has 0 heterocycles. The number of ether oxygens (including phenoxy) is 3. The van der Waals surface area contributed by atoms with E-state index in [9.17, 15) is 9.59 Å². The number of nitrogens with one attached hydrogen (secondary N) is 2. The number of carbonyl (C=O) groups is 2. The van der Waals surface area contributed by atoms with Crippen molar-refractivity contribution in [3.8, 4) is 17.2 Å². The van der Waals surface area contributed by atoms with E-state index in [2.05, 4.69) is 15.8 Å². The highest BCUT2D eigenvalue weighted by atomic mass is 16.5. The van der Waals surface area contributed by atoms with E-state index in [1.54, 1.807) is 62.8 Å². The number of hydrogen-bond donors (Lipinski definition) is 2. The molecule has 0 saturated carbocycles. The molecule has 2 N–H and O–H groups in total. The molecule has 0 aliphatic heterocycles. The van der Waals surface area contributed by atoms with E-state index in [1.807, 2.05) is 24.3 Å². The molecule has 0 radical (unpaired) electrons. The molecule has 0 bridgehead atoms. The van der Waals surface area contributed by atoms with Gasteiger partial charge in [-0.15, -0.1) is 0 Å². The second-order valence-electron chi connectivity index (χ2n) is 6.93. The molecular weight excluding hydrogens is 422 g/mol. The van der Waals surface area contributed by atoms with Crippen LogP contribution in [0, 0.1) is 0 Å². The van der Waals surface area contributed by atoms with Crippen molar-refractivity contribution in [2.75, 3.05) is 26.1 Å². The number of rotatable bonds is 10. The molecule has 0 saturated heterocycles. The maximum Gasteiger partial charge on any atom is 0.262 e. The van der Waals surface area contributed by atoms with Gasteiger partial charge >= 0.3 is 0 Å². The number of benzene rings is 3. The smallest absolute Gasteiger partial charge is 0.262 e. The minimum absolute atomic E-state index is 0.147. The summed E-state index contributed by atoms with van der Waals surface area (Å²) >= 11 is 0. The van der Waals surface area contributed by atoms with Gasteiger partial charge in [-0.25, -0.2) is 5.43 Å². The Morgan fingerprint density at radius 3 is 2.42 bits per heavy atom. The number of carbonyl (C=O) groups excluding carboxylic acids is 2. The van der Waals surface area contributed by atoms with Gasteiger partial charge in [-0.1, -0.05) is 24.3 Å². The Labute approximate surface area is 192 Å². The predicted molar refractivity (Wildman–Crippen MR) is 126 cm³/mol. The molecule has 0 atom stereocenters. The first-order valence-corrected chi connectivity index (χ1v) is 10.2. The van der Waals surface area contributed by atoms with Gasteiger partial charge in [0.05, 0.1) is 32.5 Å². The van der Waals surface area contributed by atoms with Crippen LogP contribution in [0.2, 0.25) is 0 Å². The SMILES string of the molecule is COc1cccc(CC(=O)N/N=C/c2ccc(OCC(=O)Nc3ccccc3OC)cc2)c1. The number of anilines is 1. The summed E-state index contributed by atoms with van der Waals surface area (Å²) in [5.74, 6) is 1.27. The summed E-state index contributed by atoms with van der Waals surface area (Å²) in [6.07, 6.45) is 1.72. The summed E-state index contributed by atoms with van der Waals surface area (Å²) in [6, 6.07) is 21.4. The van der Waals surface area contributed by atoms with Crippen LogP contribution in [0.3, 0.4) is 0 Å².